The van der Waals surface area contributed by atoms with E-state index in [4.69, 9.17) is 24.4 Å². The van der Waals surface area contributed by atoms with Gasteiger partial charge >= 0.3 is 0 Å². The summed E-state index contributed by atoms with van der Waals surface area (Å²) in [6, 6.07) is 11.9. The topological polar surface area (TPSA) is 138 Å². The third-order valence-electron chi connectivity index (χ3n) is 13.3. The lowest BCUT2D eigenvalue weighted by Crippen LogP contribution is -2.56. The molecule has 368 valence electrons. The van der Waals surface area contributed by atoms with Crippen LogP contribution in [0.5, 0.6) is 11.5 Å². The molecule has 2 saturated heterocycles. The summed E-state index contributed by atoms with van der Waals surface area (Å²) in [7, 11) is 0. The van der Waals surface area contributed by atoms with Crippen molar-refractivity contribution in [3.8, 4) is 23.0 Å². The Labute approximate surface area is 407 Å². The van der Waals surface area contributed by atoms with E-state index in [9.17, 15) is 13.6 Å². The van der Waals surface area contributed by atoms with Crippen molar-refractivity contribution in [1.29, 1.82) is 0 Å². The van der Waals surface area contributed by atoms with E-state index in [2.05, 4.69) is 67.1 Å². The minimum absolute atomic E-state index is 0.216. The number of carbonyl (C=O) groups excluding carboxylic acids is 1. The number of likely N-dealkylation sites (tertiary alicyclic amines) is 2. The van der Waals surface area contributed by atoms with Gasteiger partial charge in [0.2, 0.25) is 0 Å². The van der Waals surface area contributed by atoms with Crippen LogP contribution in [0.25, 0.3) is 44.4 Å². The molecule has 0 unspecified atom stereocenters. The maximum absolute atomic E-state index is 13.6. The second-order valence-corrected chi connectivity index (χ2v) is 18.6. The first kappa shape index (κ1) is 48.4. The predicted molar refractivity (Wildman–Crippen MR) is 273 cm³/mol. The number of halogens is 2. The van der Waals surface area contributed by atoms with E-state index in [-0.39, 0.29) is 13.1 Å². The largest absolute Gasteiger partial charge is 0.491 e. The first-order valence-electron chi connectivity index (χ1n) is 24.7. The SMILES string of the molecule is C=Nc1c(/C=N\Cc2cc(C)nn2CC)c2cc(C)cc(OCCCN3CC(F)(F)C3)c2n1C/C=C/Cn1c2nc(-c3cc(C)nn3CC)ncc2c2cc(C=O)cc(OCCCN3CCCCC3)c21. The Morgan fingerprint density at radius 3 is 2.16 bits per heavy atom. The zero-order chi connectivity index (χ0) is 48.9. The summed E-state index contributed by atoms with van der Waals surface area (Å²) in [5, 5.41) is 11.8. The molecule has 0 aliphatic carbocycles. The Morgan fingerprint density at radius 2 is 1.46 bits per heavy atom. The molecule has 0 radical (unpaired) electrons. The number of hydrogen-bond donors (Lipinski definition) is 0. The maximum atomic E-state index is 13.6. The number of hydrogen-bond acceptors (Lipinski definition) is 11. The van der Waals surface area contributed by atoms with Crippen LogP contribution in [0.1, 0.15) is 84.5 Å². The molecule has 0 N–H and O–H groups in total. The number of aryl methyl sites for hydroxylation is 5. The van der Waals surface area contributed by atoms with E-state index >= 15 is 0 Å². The molecule has 0 atom stereocenters. The van der Waals surface area contributed by atoms with Gasteiger partial charge in [-0.1, -0.05) is 18.6 Å². The molecule has 70 heavy (non-hydrogen) atoms. The van der Waals surface area contributed by atoms with Crippen LogP contribution < -0.4 is 9.47 Å². The van der Waals surface area contributed by atoms with E-state index in [1.807, 2.05) is 73.7 Å². The molecular formula is C53H64F2N12O3. The lowest BCUT2D eigenvalue weighted by molar-refractivity contribution is -0.130. The van der Waals surface area contributed by atoms with Crippen molar-refractivity contribution in [1.82, 2.24) is 48.5 Å². The van der Waals surface area contributed by atoms with Crippen LogP contribution in [-0.2, 0) is 32.7 Å². The third kappa shape index (κ3) is 10.3. The minimum Gasteiger partial charge on any atom is -0.491 e. The molecule has 2 aliphatic heterocycles. The molecule has 2 aromatic carbocycles. The second kappa shape index (κ2) is 21.2. The highest BCUT2D eigenvalue weighted by molar-refractivity contribution is 6.10. The lowest BCUT2D eigenvalue weighted by atomic mass is 10.1. The average molecular weight is 955 g/mol. The summed E-state index contributed by atoms with van der Waals surface area (Å²) in [6.45, 7) is 20.9. The van der Waals surface area contributed by atoms with Gasteiger partial charge in [0.1, 0.15) is 34.9 Å². The van der Waals surface area contributed by atoms with Crippen molar-refractivity contribution >= 4 is 57.9 Å². The van der Waals surface area contributed by atoms with Gasteiger partial charge in [0, 0.05) is 79.0 Å². The summed E-state index contributed by atoms with van der Waals surface area (Å²) in [4.78, 5) is 36.3. The summed E-state index contributed by atoms with van der Waals surface area (Å²) < 4.78 is 48.4. The van der Waals surface area contributed by atoms with Gasteiger partial charge in [-0.2, -0.15) is 10.2 Å². The highest BCUT2D eigenvalue weighted by Gasteiger charge is 2.43. The molecule has 15 nitrogen and oxygen atoms in total. The number of piperidine rings is 1. The third-order valence-corrected chi connectivity index (χ3v) is 13.3. The van der Waals surface area contributed by atoms with Crippen molar-refractivity contribution in [2.24, 2.45) is 9.98 Å². The van der Waals surface area contributed by atoms with E-state index in [1.54, 1.807) is 4.90 Å². The molecule has 0 saturated carbocycles. The van der Waals surface area contributed by atoms with Crippen LogP contribution in [-0.4, -0.2) is 126 Å². The highest BCUT2D eigenvalue weighted by atomic mass is 19.3. The van der Waals surface area contributed by atoms with Gasteiger partial charge in [-0.3, -0.25) is 24.1 Å². The average Bonchev–Trinajstić information content (AvgIpc) is 4.09. The molecule has 0 bridgehead atoms. The summed E-state index contributed by atoms with van der Waals surface area (Å²) in [5.74, 6) is -0.130. The normalized spacial score (nSPS) is 15.6. The lowest BCUT2D eigenvalue weighted by Gasteiger charge is -2.38. The Balaban J connectivity index is 1.08. The molecule has 2 fully saturated rings. The number of carbonyl (C=O) groups is 1. The number of ether oxygens (including phenoxy) is 2. The van der Waals surface area contributed by atoms with E-state index in [0.717, 1.165) is 100.0 Å². The Bertz CT molecular complexity index is 3070. The van der Waals surface area contributed by atoms with Crippen molar-refractivity contribution in [2.75, 3.05) is 52.5 Å². The first-order chi connectivity index (χ1) is 34.0. The zero-order valence-electron chi connectivity index (χ0n) is 41.1. The van der Waals surface area contributed by atoms with Gasteiger partial charge in [0.15, 0.2) is 5.82 Å². The van der Waals surface area contributed by atoms with Crippen molar-refractivity contribution in [2.45, 2.75) is 105 Å². The second-order valence-electron chi connectivity index (χ2n) is 18.6. The number of aldehydes is 1. The fourth-order valence-corrected chi connectivity index (χ4v) is 10.1. The summed E-state index contributed by atoms with van der Waals surface area (Å²) in [6.07, 6.45) is 14.0. The van der Waals surface area contributed by atoms with Crippen LogP contribution in [0.4, 0.5) is 14.6 Å². The number of aromatic nitrogens is 8. The van der Waals surface area contributed by atoms with E-state index in [1.165, 1.54) is 19.3 Å². The van der Waals surface area contributed by atoms with Crippen LogP contribution in [0, 0.1) is 20.8 Å². The number of fused-ring (bicyclic) bond motifs is 4. The van der Waals surface area contributed by atoms with Crippen LogP contribution in [0.3, 0.4) is 0 Å². The fourth-order valence-electron chi connectivity index (χ4n) is 10.1. The maximum Gasteiger partial charge on any atom is 0.272 e. The number of alkyl halides is 2. The molecule has 5 aromatic heterocycles. The molecule has 7 heterocycles. The minimum atomic E-state index is -2.61. The number of nitrogens with zero attached hydrogens (tertiary/aromatic N) is 12. The monoisotopic (exact) mass is 955 g/mol. The van der Waals surface area contributed by atoms with Crippen LogP contribution in [0.2, 0.25) is 0 Å². The number of benzene rings is 2. The van der Waals surface area contributed by atoms with Crippen LogP contribution >= 0.6 is 0 Å². The predicted octanol–water partition coefficient (Wildman–Crippen LogP) is 9.56. The number of aliphatic imine (C=N–C) groups is 2. The molecular weight excluding hydrogens is 891 g/mol. The van der Waals surface area contributed by atoms with Gasteiger partial charge < -0.3 is 23.5 Å². The van der Waals surface area contributed by atoms with Crippen molar-refractivity contribution in [3.05, 3.63) is 88.5 Å². The molecule has 7 aromatic rings. The zero-order valence-corrected chi connectivity index (χ0v) is 41.1. The van der Waals surface area contributed by atoms with Gasteiger partial charge in [-0.25, -0.2) is 23.7 Å². The van der Waals surface area contributed by atoms with Crippen molar-refractivity contribution < 1.29 is 23.0 Å². The molecule has 17 heteroatoms. The number of rotatable bonds is 22. The van der Waals surface area contributed by atoms with Gasteiger partial charge in [0.25, 0.3) is 5.92 Å². The summed E-state index contributed by atoms with van der Waals surface area (Å²) in [5.41, 5.74) is 8.35. The smallest absolute Gasteiger partial charge is 0.272 e. The fraction of sp³-hybridized carbons (Fsp3) is 0.453. The Kier molecular flexibility index (Phi) is 14.7. The molecule has 0 amide bonds. The highest BCUT2D eigenvalue weighted by Crippen LogP contribution is 2.39. The van der Waals surface area contributed by atoms with E-state index in [0.29, 0.717) is 86.7 Å². The standard InChI is InChI=1S/C53H64F2N12O3/c1-7-66-40(26-37(4)60-66)30-57-31-43-41-24-36(3)25-46(69-23-15-19-63-34-53(54,55)35-63)48(41)64(51(43)56-6)20-12-13-21-65-49-42(44-32-58-50(59-52(44)65)45-27-38(5)61-67(45)8-2)28-39(33-68)29-47(49)70-22-14-18-62-16-10-9-11-17-62/h12-13,24-29,31-33H,6-11,14-23,30,34-35H2,1-5H3/b13-12+,57-31-. The van der Waals surface area contributed by atoms with Crippen LogP contribution in [0.15, 0.2) is 64.7 Å². The molecule has 9 rings (SSSR count). The Hall–Kier alpha value is -6.59. The van der Waals surface area contributed by atoms with Gasteiger partial charge in [-0.05, 0) is 122 Å². The first-order valence-corrected chi connectivity index (χ1v) is 24.7. The van der Waals surface area contributed by atoms with Gasteiger partial charge in [0.05, 0.1) is 61.0 Å². The molecule has 2 aliphatic rings. The quantitative estimate of drug-likeness (QED) is 0.0282. The van der Waals surface area contributed by atoms with Gasteiger partial charge in [-0.15, -0.1) is 0 Å². The molecule has 0 spiro atoms. The Morgan fingerprint density at radius 1 is 0.786 bits per heavy atom. The van der Waals surface area contributed by atoms with E-state index < -0.39 is 5.92 Å². The van der Waals surface area contributed by atoms with Crippen molar-refractivity contribution in [3.63, 3.8) is 0 Å². The number of allylic oxidation sites excluding steroid dienone is 2. The summed E-state index contributed by atoms with van der Waals surface area (Å²) >= 11 is 0.